The minimum atomic E-state index is -0.328. The summed E-state index contributed by atoms with van der Waals surface area (Å²) < 4.78 is 2.05. The molecule has 1 heterocycles. The lowest BCUT2D eigenvalue weighted by Crippen LogP contribution is -2.40. The zero-order valence-corrected chi connectivity index (χ0v) is 11.9. The second-order valence-corrected chi connectivity index (χ2v) is 6.98. The van der Waals surface area contributed by atoms with Crippen molar-refractivity contribution in [2.24, 2.45) is 0 Å². The van der Waals surface area contributed by atoms with Gasteiger partial charge in [-0.2, -0.15) is 0 Å². The predicted molar refractivity (Wildman–Crippen MR) is 77.5 cm³/mol. The number of aromatic nitrogens is 1. The van der Waals surface area contributed by atoms with Crippen molar-refractivity contribution in [2.75, 3.05) is 12.4 Å². The molecule has 1 aromatic carbocycles. The Morgan fingerprint density at radius 3 is 2.95 bits per heavy atom. The largest absolute Gasteiger partial charge is 0.394 e. The maximum absolute atomic E-state index is 11.8. The molecule has 3 rings (SSSR count). The first kappa shape index (κ1) is 12.9. The van der Waals surface area contributed by atoms with Gasteiger partial charge in [0, 0.05) is 0 Å². The quantitative estimate of drug-likeness (QED) is 0.828. The second kappa shape index (κ2) is 5.11. The van der Waals surface area contributed by atoms with Crippen LogP contribution in [0.2, 0.25) is 0 Å². The average molecular weight is 294 g/mol. The van der Waals surface area contributed by atoms with Gasteiger partial charge in [0.1, 0.15) is 0 Å². The number of carbonyl (C=O) groups excluding carboxylic acids is 1. The minimum Gasteiger partial charge on any atom is -0.394 e. The van der Waals surface area contributed by atoms with Crippen LogP contribution in [0, 0.1) is 0 Å². The molecule has 0 atom stereocenters. The fraction of sp³-hybridized carbons (Fsp3) is 0.385. The molecule has 4 nitrogen and oxygen atoms in total. The van der Waals surface area contributed by atoms with E-state index in [1.165, 1.54) is 11.8 Å². The molecule has 100 valence electrons. The Hall–Kier alpha value is -1.11. The van der Waals surface area contributed by atoms with Gasteiger partial charge >= 0.3 is 0 Å². The third kappa shape index (κ3) is 2.91. The van der Waals surface area contributed by atoms with Gasteiger partial charge in [0.25, 0.3) is 0 Å². The van der Waals surface area contributed by atoms with Crippen molar-refractivity contribution in [1.82, 2.24) is 10.3 Å². The normalized spacial score (nSPS) is 16.5. The molecular weight excluding hydrogens is 280 g/mol. The van der Waals surface area contributed by atoms with E-state index in [1.54, 1.807) is 11.3 Å². The van der Waals surface area contributed by atoms with Gasteiger partial charge < -0.3 is 10.4 Å². The summed E-state index contributed by atoms with van der Waals surface area (Å²) in [7, 11) is 0. The Morgan fingerprint density at radius 1 is 1.47 bits per heavy atom. The highest BCUT2D eigenvalue weighted by Gasteiger charge is 2.43. The maximum Gasteiger partial charge on any atom is 0.230 e. The number of hydrogen-bond donors (Lipinski definition) is 2. The van der Waals surface area contributed by atoms with Gasteiger partial charge in [0.2, 0.25) is 5.91 Å². The molecule has 19 heavy (non-hydrogen) atoms. The summed E-state index contributed by atoms with van der Waals surface area (Å²) in [6, 6.07) is 7.95. The predicted octanol–water partition coefficient (Wildman–Crippen LogP) is 2.03. The number of aliphatic hydroxyl groups excluding tert-OH is 1. The number of carbonyl (C=O) groups is 1. The van der Waals surface area contributed by atoms with Crippen LogP contribution in [0.25, 0.3) is 10.2 Å². The molecule has 2 N–H and O–H groups in total. The first-order valence-corrected chi connectivity index (χ1v) is 7.91. The first-order chi connectivity index (χ1) is 9.21. The van der Waals surface area contributed by atoms with Crippen LogP contribution < -0.4 is 5.32 Å². The highest BCUT2D eigenvalue weighted by atomic mass is 32.2. The Bertz CT molecular complexity index is 574. The highest BCUT2D eigenvalue weighted by Crippen LogP contribution is 2.35. The first-order valence-electron chi connectivity index (χ1n) is 6.11. The van der Waals surface area contributed by atoms with Crippen LogP contribution >= 0.6 is 23.1 Å². The maximum atomic E-state index is 11.8. The molecule has 1 aliphatic carbocycles. The van der Waals surface area contributed by atoms with Crippen LogP contribution in [0.15, 0.2) is 28.6 Å². The monoisotopic (exact) mass is 294 g/mol. The zero-order chi connectivity index (χ0) is 13.3. The van der Waals surface area contributed by atoms with Crippen LogP contribution in [-0.4, -0.2) is 33.9 Å². The van der Waals surface area contributed by atoms with Crippen LogP contribution in [0.5, 0.6) is 0 Å². The number of para-hydroxylation sites is 1. The zero-order valence-electron chi connectivity index (χ0n) is 10.3. The number of nitrogens with zero attached hydrogens (tertiary/aromatic N) is 1. The lowest BCUT2D eigenvalue weighted by Gasteiger charge is -2.13. The van der Waals surface area contributed by atoms with Gasteiger partial charge in [-0.15, -0.1) is 11.3 Å². The smallest absolute Gasteiger partial charge is 0.230 e. The molecule has 1 aliphatic rings. The topological polar surface area (TPSA) is 62.2 Å². The molecule has 1 fully saturated rings. The molecule has 0 aliphatic heterocycles. The molecular formula is C13H14N2O2S2. The summed E-state index contributed by atoms with van der Waals surface area (Å²) in [4.78, 5) is 16.2. The van der Waals surface area contributed by atoms with Crippen molar-refractivity contribution >= 4 is 39.2 Å². The van der Waals surface area contributed by atoms with E-state index in [2.05, 4.69) is 10.3 Å². The number of hydrogen-bond acceptors (Lipinski definition) is 5. The van der Waals surface area contributed by atoms with E-state index >= 15 is 0 Å². The molecule has 0 unspecified atom stereocenters. The van der Waals surface area contributed by atoms with Gasteiger partial charge in [-0.3, -0.25) is 4.79 Å². The molecule has 1 aromatic heterocycles. The van der Waals surface area contributed by atoms with Gasteiger partial charge in [-0.25, -0.2) is 4.98 Å². The van der Waals surface area contributed by atoms with E-state index in [0.29, 0.717) is 5.75 Å². The lowest BCUT2D eigenvalue weighted by atomic mass is 10.3. The van der Waals surface area contributed by atoms with Crippen LogP contribution in [0.1, 0.15) is 12.8 Å². The SMILES string of the molecule is O=C(CSc1nc2ccccc2s1)NC1(CO)CC1. The minimum absolute atomic E-state index is 0.0317. The van der Waals surface area contributed by atoms with Crippen molar-refractivity contribution in [1.29, 1.82) is 0 Å². The number of rotatable bonds is 5. The molecule has 6 heteroatoms. The standard InChI is InChI=1S/C13H14N2O2S2/c16-8-13(5-6-13)15-11(17)7-18-12-14-9-3-1-2-4-10(9)19-12/h1-4,16H,5-8H2,(H,15,17). The molecule has 2 aromatic rings. The van der Waals surface area contributed by atoms with Crippen molar-refractivity contribution in [3.05, 3.63) is 24.3 Å². The average Bonchev–Trinajstić information content (AvgIpc) is 3.06. The number of nitrogens with one attached hydrogen (secondary N) is 1. The number of fused-ring (bicyclic) bond motifs is 1. The van der Waals surface area contributed by atoms with Gasteiger partial charge in [-0.05, 0) is 25.0 Å². The number of thioether (sulfide) groups is 1. The third-order valence-electron chi connectivity index (χ3n) is 3.16. The third-order valence-corrected chi connectivity index (χ3v) is 5.34. The van der Waals surface area contributed by atoms with Crippen molar-refractivity contribution in [3.63, 3.8) is 0 Å². The summed E-state index contributed by atoms with van der Waals surface area (Å²) in [5.74, 6) is 0.317. The fourth-order valence-electron chi connectivity index (χ4n) is 1.85. The molecule has 1 amide bonds. The van der Waals surface area contributed by atoms with E-state index in [9.17, 15) is 4.79 Å². The number of amides is 1. The summed E-state index contributed by atoms with van der Waals surface area (Å²) >= 11 is 3.05. The van der Waals surface area contributed by atoms with Crippen LogP contribution in [0.4, 0.5) is 0 Å². The van der Waals surface area contributed by atoms with E-state index in [1.807, 2.05) is 24.3 Å². The molecule has 1 saturated carbocycles. The fourth-order valence-corrected chi connectivity index (χ4v) is 3.71. The van der Waals surface area contributed by atoms with Crippen LogP contribution in [0.3, 0.4) is 0 Å². The van der Waals surface area contributed by atoms with E-state index in [-0.39, 0.29) is 18.1 Å². The summed E-state index contributed by atoms with van der Waals surface area (Å²) in [5.41, 5.74) is 0.648. The second-order valence-electron chi connectivity index (χ2n) is 4.72. The molecule has 0 spiro atoms. The summed E-state index contributed by atoms with van der Waals surface area (Å²) in [6.07, 6.45) is 1.75. The summed E-state index contributed by atoms with van der Waals surface area (Å²) in [6.45, 7) is 0.0323. The van der Waals surface area contributed by atoms with E-state index < -0.39 is 0 Å². The Morgan fingerprint density at radius 2 is 2.26 bits per heavy atom. The van der Waals surface area contributed by atoms with Crippen LogP contribution in [-0.2, 0) is 4.79 Å². The van der Waals surface area contributed by atoms with Crippen molar-refractivity contribution < 1.29 is 9.90 Å². The molecule has 0 bridgehead atoms. The van der Waals surface area contributed by atoms with Gasteiger partial charge in [0.15, 0.2) is 4.34 Å². The van der Waals surface area contributed by atoms with Crippen molar-refractivity contribution in [2.45, 2.75) is 22.7 Å². The number of thiazole rings is 1. The Kier molecular flexibility index (Phi) is 3.47. The highest BCUT2D eigenvalue weighted by molar-refractivity contribution is 8.01. The Balaban J connectivity index is 1.58. The Labute approximate surface area is 119 Å². The number of benzene rings is 1. The van der Waals surface area contributed by atoms with E-state index in [0.717, 1.165) is 27.4 Å². The summed E-state index contributed by atoms with van der Waals surface area (Å²) in [5, 5.41) is 12.0. The molecule has 0 saturated heterocycles. The van der Waals surface area contributed by atoms with Gasteiger partial charge in [0.05, 0.1) is 28.1 Å². The van der Waals surface area contributed by atoms with Crippen molar-refractivity contribution in [3.8, 4) is 0 Å². The molecule has 0 radical (unpaired) electrons. The van der Waals surface area contributed by atoms with E-state index in [4.69, 9.17) is 5.11 Å². The van der Waals surface area contributed by atoms with Gasteiger partial charge in [-0.1, -0.05) is 23.9 Å². The number of aliphatic hydroxyl groups is 1. The lowest BCUT2D eigenvalue weighted by molar-refractivity contribution is -0.119.